The Morgan fingerprint density at radius 1 is 0.478 bits per heavy atom. The number of carbonyl (C=O) groups is 2. The van der Waals surface area contributed by atoms with E-state index >= 15 is 0 Å². The predicted molar refractivity (Wildman–Crippen MR) is 389 cm³/mol. The molecule has 3 atom stereocenters. The van der Waals surface area contributed by atoms with Gasteiger partial charge in [-0.25, -0.2) is 8.78 Å². The highest BCUT2D eigenvalue weighted by Gasteiger charge is 2.35. The summed E-state index contributed by atoms with van der Waals surface area (Å²) in [5, 5.41) is 16.4. The number of hydrogen-bond donors (Lipinski definition) is 2. The summed E-state index contributed by atoms with van der Waals surface area (Å²) in [4.78, 5) is 19.9. The standard InChI is InChI=1S/2C10H20.C9H16F2.C7H14O2.C7H14.2C7H16.C6H11F3.C6H12O2.C6H14.C5H12O/c1-8(2)10-6-4-9(3)5-7-10;1-8(2)10-6-4-5-9(3)7-10;1-7(2)8-3-5-9(10,11)6-4-8;1-6(2)4-3-5-7(8)9;1-6(2)7-4-3-5-7;1-6(2)7(3,4)5;1-5-7(4)6(2)3;1-5(2)3-4-6(7,8)9;1-5(2)3-4-6(7)8;1-5(2)6(3)4;1-5(2)4-6-3/h2*8-10H,4-7H2,1-3H3;7-8H,3-6H2,1-2H3;6H,3-5H2,1-2H3,(H,8,9);6-7H,3-5H2,1-2H3;6H,1-5H3;6-7H,5H2,1-4H3;5H,3-4H2,1-2H3;5H,3-4H2,1-2H3,(H,7,8);5-6H,1-4H3;5H,4H2,1-3H3. The smallest absolute Gasteiger partial charge is 0.389 e. The van der Waals surface area contributed by atoms with Crippen molar-refractivity contribution in [2.75, 3.05) is 13.7 Å². The van der Waals surface area contributed by atoms with Crippen molar-refractivity contribution in [3.05, 3.63) is 0 Å². The third kappa shape index (κ3) is 80.8. The molecule has 4 fully saturated rings. The van der Waals surface area contributed by atoms with Crippen molar-refractivity contribution in [3.63, 3.8) is 0 Å². The number of rotatable bonds is 18. The SMILES string of the molecule is CC(C)C(C)(C)C.CC(C)C(C)C.CC(C)C1CCC(F)(F)CC1.CC(C)C1CCC1.CC(C)CCC(=O)O.CC(C)CCC(F)(F)F.CC(C)CCCC(=O)O.CC1CCC(C(C)C)CC1.CC1CCCC(C(C)C)C1.CCC(C)C(C)C.COCC(C)C. The van der Waals surface area contributed by atoms with Crippen LogP contribution in [0.2, 0.25) is 0 Å². The van der Waals surface area contributed by atoms with E-state index in [0.717, 1.165) is 103 Å². The van der Waals surface area contributed by atoms with Crippen molar-refractivity contribution >= 4 is 11.9 Å². The Balaban J connectivity index is -0.000000169. The van der Waals surface area contributed by atoms with Gasteiger partial charge < -0.3 is 14.9 Å². The van der Waals surface area contributed by atoms with Gasteiger partial charge in [-0.05, 0) is 169 Å². The molecule has 2 N–H and O–H groups in total. The first kappa shape index (κ1) is 102. The van der Waals surface area contributed by atoms with Crippen LogP contribution in [0, 0.1) is 118 Å². The number of methoxy groups -OCH3 is 1. The van der Waals surface area contributed by atoms with E-state index in [2.05, 4.69) is 187 Å². The quantitative estimate of drug-likeness (QED) is 0.134. The maximum absolute atomic E-state index is 12.6. The van der Waals surface area contributed by atoms with Gasteiger partial charge in [-0.15, -0.1) is 0 Å². The molecule has 0 saturated heterocycles. The second-order valence-corrected chi connectivity index (χ2v) is 33.5. The van der Waals surface area contributed by atoms with Crippen LogP contribution in [0.25, 0.3) is 0 Å². The molecule has 0 aromatic heterocycles. The fraction of sp³-hybridized carbons (Fsp3) is 0.975. The Bertz CT molecular complexity index is 1490. The van der Waals surface area contributed by atoms with Gasteiger partial charge in [0.05, 0.1) is 0 Å². The third-order valence-corrected chi connectivity index (χ3v) is 19.2. The minimum absolute atomic E-state index is 0.107. The Morgan fingerprint density at radius 3 is 1.02 bits per heavy atom. The van der Waals surface area contributed by atoms with Gasteiger partial charge in [0.25, 0.3) is 0 Å². The molecule has 5 nitrogen and oxygen atoms in total. The van der Waals surface area contributed by atoms with Gasteiger partial charge in [0, 0.05) is 45.8 Å². The number of ether oxygens (including phenoxy) is 1. The molecule has 0 spiro atoms. The maximum atomic E-state index is 12.6. The molecule has 0 aromatic rings. The third-order valence-electron chi connectivity index (χ3n) is 19.2. The second kappa shape index (κ2) is 60.0. The number of halogens is 5. The van der Waals surface area contributed by atoms with Gasteiger partial charge >= 0.3 is 18.1 Å². The van der Waals surface area contributed by atoms with Crippen molar-refractivity contribution < 1.29 is 46.5 Å². The van der Waals surface area contributed by atoms with Crippen LogP contribution in [-0.4, -0.2) is 48.0 Å². The van der Waals surface area contributed by atoms with Crippen LogP contribution in [0.4, 0.5) is 22.0 Å². The summed E-state index contributed by atoms with van der Waals surface area (Å²) in [7, 11) is 1.72. The highest BCUT2D eigenvalue weighted by Crippen LogP contribution is 2.39. The van der Waals surface area contributed by atoms with E-state index in [1.807, 2.05) is 13.8 Å². The monoisotopic (exact) mass is 1300 g/mol. The average molecular weight is 1300 g/mol. The molecule has 0 bridgehead atoms. The molecule has 4 saturated carbocycles. The summed E-state index contributed by atoms with van der Waals surface area (Å²) in [5.41, 5.74) is 0.500. The first-order valence-electron chi connectivity index (χ1n) is 37.3. The van der Waals surface area contributed by atoms with Gasteiger partial charge in [-0.1, -0.05) is 279 Å². The lowest BCUT2D eigenvalue weighted by Crippen LogP contribution is -2.26. The first-order chi connectivity index (χ1) is 40.9. The van der Waals surface area contributed by atoms with E-state index in [1.165, 1.54) is 77.0 Å². The molecule has 0 amide bonds. The normalized spacial score (nSPS) is 19.4. The van der Waals surface area contributed by atoms with Crippen LogP contribution in [-0.2, 0) is 14.3 Å². The van der Waals surface area contributed by atoms with Crippen LogP contribution in [0.5, 0.6) is 0 Å². The number of hydrogen-bond acceptors (Lipinski definition) is 3. The largest absolute Gasteiger partial charge is 0.481 e. The molecule has 0 aromatic carbocycles. The van der Waals surface area contributed by atoms with Crippen molar-refractivity contribution in [2.45, 2.75) is 374 Å². The molecular formula is C80H165F5O5. The number of carboxylic acids is 2. The predicted octanol–water partition coefficient (Wildman–Crippen LogP) is 28.2. The number of alkyl halides is 5. The molecule has 0 aliphatic heterocycles. The summed E-state index contributed by atoms with van der Waals surface area (Å²) >= 11 is 0. The molecule has 10 heteroatoms. The van der Waals surface area contributed by atoms with Gasteiger partial charge in [0.15, 0.2) is 0 Å². The second-order valence-electron chi connectivity index (χ2n) is 33.5. The maximum Gasteiger partial charge on any atom is 0.389 e. The molecule has 0 radical (unpaired) electrons. The lowest BCUT2D eigenvalue weighted by Gasteiger charge is -2.30. The number of carboxylic acid groups (broad SMARTS) is 2. The van der Waals surface area contributed by atoms with Crippen LogP contribution in [0.3, 0.4) is 0 Å². The zero-order valence-electron chi connectivity index (χ0n) is 66.4. The van der Waals surface area contributed by atoms with Gasteiger partial charge in [0.2, 0.25) is 5.92 Å². The zero-order chi connectivity index (χ0) is 72.3. The molecular weight excluding hydrogens is 1140 g/mol. The summed E-state index contributed by atoms with van der Waals surface area (Å²) in [6.07, 6.45) is 18.1. The van der Waals surface area contributed by atoms with Gasteiger partial charge in [0.1, 0.15) is 0 Å². The fourth-order valence-corrected chi connectivity index (χ4v) is 9.21. The summed E-state index contributed by atoms with van der Waals surface area (Å²) in [6.45, 7) is 69.4. The van der Waals surface area contributed by atoms with Crippen LogP contribution in [0.15, 0.2) is 0 Å². The molecule has 3 unspecified atom stereocenters. The topological polar surface area (TPSA) is 83.8 Å². The summed E-state index contributed by atoms with van der Waals surface area (Å²) < 4.78 is 64.3. The number of aliphatic carboxylic acids is 2. The highest BCUT2D eigenvalue weighted by atomic mass is 19.4. The van der Waals surface area contributed by atoms with Crippen LogP contribution in [0.1, 0.15) is 362 Å². The molecule has 0 heterocycles. The van der Waals surface area contributed by atoms with E-state index in [9.17, 15) is 31.5 Å². The molecule has 90 heavy (non-hydrogen) atoms. The molecule has 4 aliphatic rings. The Kier molecular flexibility index (Phi) is 68.0. The van der Waals surface area contributed by atoms with Crippen molar-refractivity contribution in [1.82, 2.24) is 0 Å². The lowest BCUT2D eigenvalue weighted by atomic mass is 9.77. The van der Waals surface area contributed by atoms with E-state index in [1.54, 1.807) is 21.0 Å². The van der Waals surface area contributed by atoms with Crippen LogP contribution >= 0.6 is 0 Å². The average Bonchev–Trinajstić information content (AvgIpc) is 2.87. The highest BCUT2D eigenvalue weighted by molar-refractivity contribution is 5.66. The van der Waals surface area contributed by atoms with E-state index in [0.29, 0.717) is 60.7 Å². The van der Waals surface area contributed by atoms with Crippen molar-refractivity contribution in [3.8, 4) is 0 Å². The van der Waals surface area contributed by atoms with E-state index < -0.39 is 30.5 Å². The van der Waals surface area contributed by atoms with Crippen molar-refractivity contribution in [2.24, 2.45) is 118 Å². The van der Waals surface area contributed by atoms with Crippen LogP contribution < -0.4 is 0 Å². The minimum atomic E-state index is -3.97. The Hall–Kier alpha value is -1.45. The molecule has 4 aliphatic carbocycles. The zero-order valence-corrected chi connectivity index (χ0v) is 66.4. The Labute approximate surface area is 561 Å². The summed E-state index contributed by atoms with van der Waals surface area (Å²) in [5.74, 6) is 11.6. The minimum Gasteiger partial charge on any atom is -0.481 e. The van der Waals surface area contributed by atoms with Gasteiger partial charge in [-0.2, -0.15) is 13.2 Å². The fourth-order valence-electron chi connectivity index (χ4n) is 9.21. The summed E-state index contributed by atoms with van der Waals surface area (Å²) in [6, 6.07) is 0. The van der Waals surface area contributed by atoms with Crippen molar-refractivity contribution in [1.29, 1.82) is 0 Å². The van der Waals surface area contributed by atoms with E-state index in [4.69, 9.17) is 14.9 Å². The van der Waals surface area contributed by atoms with E-state index in [-0.39, 0.29) is 25.2 Å². The molecule has 550 valence electrons. The lowest BCUT2D eigenvalue weighted by molar-refractivity contribution is -0.138. The first-order valence-corrected chi connectivity index (χ1v) is 37.3. The molecule has 4 rings (SSSR count). The Morgan fingerprint density at radius 2 is 0.833 bits per heavy atom. The van der Waals surface area contributed by atoms with Gasteiger partial charge in [-0.3, -0.25) is 9.59 Å².